The highest BCUT2D eigenvalue weighted by Crippen LogP contribution is 1.92. The van der Waals surface area contributed by atoms with Gasteiger partial charge in [-0.05, 0) is 18.2 Å². The molecule has 0 amide bonds. The first-order valence-electron chi connectivity index (χ1n) is 2.81. The number of hydrogen-bond donors (Lipinski definition) is 1. The maximum atomic E-state index is 10.7. The third kappa shape index (κ3) is 4.78. The Labute approximate surface area is 66.1 Å². The van der Waals surface area contributed by atoms with E-state index in [1.807, 2.05) is 0 Å². The molecule has 5 heteroatoms. The molecule has 0 heterocycles. The van der Waals surface area contributed by atoms with Crippen LogP contribution in [0.5, 0.6) is 0 Å². The molecule has 0 aliphatic heterocycles. The van der Waals surface area contributed by atoms with Crippen LogP contribution in [-0.2, 0) is 9.84 Å². The van der Waals surface area contributed by atoms with Crippen molar-refractivity contribution in [1.29, 1.82) is 0 Å². The lowest BCUT2D eigenvalue weighted by molar-refractivity contribution is 0.601. The Bertz CT molecular complexity index is 188. The summed E-state index contributed by atoms with van der Waals surface area (Å²) in [4.78, 5) is 2.34. The van der Waals surface area contributed by atoms with Crippen LogP contribution in [0.15, 0.2) is 12.0 Å². The summed E-state index contributed by atoms with van der Waals surface area (Å²) in [7, 11) is -3.03. The van der Waals surface area contributed by atoms with Crippen molar-refractivity contribution in [2.45, 2.75) is 6.42 Å². The van der Waals surface area contributed by atoms with Gasteiger partial charge in [0.2, 0.25) is 0 Å². The van der Waals surface area contributed by atoms with Crippen molar-refractivity contribution in [2.24, 2.45) is 0 Å². The van der Waals surface area contributed by atoms with E-state index in [4.69, 9.17) is 11.8 Å². The standard InChI is InChI=1S/C5H10ClNO2S/c1-2-10(8,9)5-3-4-7-6/h2,7H,1,3-5H2. The molecular formula is C5H10ClNO2S. The van der Waals surface area contributed by atoms with Crippen molar-refractivity contribution in [3.63, 3.8) is 0 Å². The predicted molar refractivity (Wildman–Crippen MR) is 42.5 cm³/mol. The predicted octanol–water partition coefficient (Wildman–Crippen LogP) is 0.678. The van der Waals surface area contributed by atoms with E-state index in [0.29, 0.717) is 13.0 Å². The average molecular weight is 184 g/mol. The first kappa shape index (κ1) is 9.94. The zero-order valence-electron chi connectivity index (χ0n) is 5.51. The molecule has 0 fully saturated rings. The molecule has 0 saturated heterocycles. The van der Waals surface area contributed by atoms with Gasteiger partial charge in [0.05, 0.1) is 5.75 Å². The monoisotopic (exact) mass is 183 g/mol. The fourth-order valence-electron chi connectivity index (χ4n) is 0.424. The van der Waals surface area contributed by atoms with Gasteiger partial charge in [-0.15, -0.1) is 0 Å². The smallest absolute Gasteiger partial charge is 0.171 e. The Morgan fingerprint density at radius 3 is 2.60 bits per heavy atom. The molecule has 60 valence electrons. The Morgan fingerprint density at radius 1 is 1.60 bits per heavy atom. The van der Waals surface area contributed by atoms with Gasteiger partial charge in [0, 0.05) is 12.0 Å². The van der Waals surface area contributed by atoms with E-state index in [0.717, 1.165) is 5.41 Å². The summed E-state index contributed by atoms with van der Waals surface area (Å²) in [6.07, 6.45) is 0.512. The van der Waals surface area contributed by atoms with E-state index >= 15 is 0 Å². The number of hydrogen-bond acceptors (Lipinski definition) is 3. The Hall–Kier alpha value is -0.0600. The number of rotatable bonds is 5. The summed E-state index contributed by atoms with van der Waals surface area (Å²) >= 11 is 5.10. The molecular weight excluding hydrogens is 174 g/mol. The molecule has 0 atom stereocenters. The van der Waals surface area contributed by atoms with Gasteiger partial charge in [0.15, 0.2) is 9.84 Å². The molecule has 0 aromatic rings. The highest BCUT2D eigenvalue weighted by Gasteiger charge is 2.02. The molecule has 0 spiro atoms. The molecule has 0 aliphatic carbocycles. The normalized spacial score (nSPS) is 11.3. The molecule has 0 bridgehead atoms. The number of nitrogens with one attached hydrogen (secondary N) is 1. The van der Waals surface area contributed by atoms with Crippen LogP contribution in [0.2, 0.25) is 0 Å². The molecule has 1 N–H and O–H groups in total. The summed E-state index contributed by atoms with van der Waals surface area (Å²) in [6, 6.07) is 0. The second-order valence-corrected chi connectivity index (χ2v) is 4.11. The minimum Gasteiger partial charge on any atom is -0.234 e. The summed E-state index contributed by atoms with van der Waals surface area (Å²) in [5.74, 6) is 0.107. The minimum atomic E-state index is -3.03. The second-order valence-electron chi connectivity index (χ2n) is 1.77. The molecule has 0 rings (SSSR count). The van der Waals surface area contributed by atoms with Gasteiger partial charge in [-0.1, -0.05) is 6.58 Å². The van der Waals surface area contributed by atoms with Gasteiger partial charge in [0.25, 0.3) is 0 Å². The molecule has 0 aliphatic rings. The summed E-state index contributed by atoms with van der Waals surface area (Å²) < 4.78 is 21.4. The molecule has 0 aromatic carbocycles. The minimum absolute atomic E-state index is 0.107. The van der Waals surface area contributed by atoms with Crippen molar-refractivity contribution in [2.75, 3.05) is 12.3 Å². The molecule has 0 saturated carbocycles. The van der Waals surface area contributed by atoms with Crippen molar-refractivity contribution in [3.05, 3.63) is 12.0 Å². The van der Waals surface area contributed by atoms with Gasteiger partial charge < -0.3 is 0 Å². The summed E-state index contributed by atoms with van der Waals surface area (Å²) in [5.41, 5.74) is 0. The molecule has 0 aromatic heterocycles. The summed E-state index contributed by atoms with van der Waals surface area (Å²) in [5, 5.41) is 0.960. The SMILES string of the molecule is C=CS(=O)(=O)CCCNCl. The largest absolute Gasteiger partial charge is 0.234 e. The lowest BCUT2D eigenvalue weighted by Crippen LogP contribution is -2.08. The van der Waals surface area contributed by atoms with Gasteiger partial charge >= 0.3 is 0 Å². The van der Waals surface area contributed by atoms with E-state index in [1.165, 1.54) is 0 Å². The topological polar surface area (TPSA) is 46.2 Å². The van der Waals surface area contributed by atoms with Crippen LogP contribution in [0.4, 0.5) is 0 Å². The number of halogens is 1. The zero-order chi connectivity index (χ0) is 8.04. The van der Waals surface area contributed by atoms with Gasteiger partial charge in [-0.2, -0.15) is 0 Å². The maximum Gasteiger partial charge on any atom is 0.171 e. The lowest BCUT2D eigenvalue weighted by Gasteiger charge is -1.95. The van der Waals surface area contributed by atoms with Crippen LogP contribution in [0.25, 0.3) is 0 Å². The van der Waals surface area contributed by atoms with Gasteiger partial charge in [-0.3, -0.25) is 0 Å². The van der Waals surface area contributed by atoms with E-state index < -0.39 is 9.84 Å². The van der Waals surface area contributed by atoms with E-state index in [1.54, 1.807) is 0 Å². The fraction of sp³-hybridized carbons (Fsp3) is 0.600. The van der Waals surface area contributed by atoms with Gasteiger partial charge in [-0.25, -0.2) is 13.3 Å². The Kier molecular flexibility index (Phi) is 4.68. The van der Waals surface area contributed by atoms with Gasteiger partial charge in [0.1, 0.15) is 0 Å². The molecule has 10 heavy (non-hydrogen) atoms. The highest BCUT2D eigenvalue weighted by atomic mass is 35.5. The maximum absolute atomic E-state index is 10.7. The van der Waals surface area contributed by atoms with E-state index in [9.17, 15) is 8.42 Å². The second kappa shape index (κ2) is 4.71. The fourth-order valence-corrected chi connectivity index (χ4v) is 1.27. The van der Waals surface area contributed by atoms with Crippen LogP contribution in [0, 0.1) is 0 Å². The van der Waals surface area contributed by atoms with Crippen molar-refractivity contribution in [3.8, 4) is 0 Å². The molecule has 3 nitrogen and oxygen atoms in total. The van der Waals surface area contributed by atoms with Crippen molar-refractivity contribution < 1.29 is 8.42 Å². The zero-order valence-corrected chi connectivity index (χ0v) is 7.08. The molecule has 0 radical (unpaired) electrons. The van der Waals surface area contributed by atoms with E-state index in [-0.39, 0.29) is 5.75 Å². The summed E-state index contributed by atoms with van der Waals surface area (Å²) in [6.45, 7) is 3.66. The van der Waals surface area contributed by atoms with Crippen LogP contribution in [0.3, 0.4) is 0 Å². The first-order valence-corrected chi connectivity index (χ1v) is 4.90. The van der Waals surface area contributed by atoms with Crippen molar-refractivity contribution >= 4 is 21.6 Å². The number of sulfone groups is 1. The third-order valence-electron chi connectivity index (χ3n) is 0.954. The first-order chi connectivity index (χ1) is 4.62. The third-order valence-corrected chi connectivity index (χ3v) is 2.51. The average Bonchev–Trinajstić information content (AvgIpc) is 1.89. The van der Waals surface area contributed by atoms with Crippen molar-refractivity contribution in [1.82, 2.24) is 4.84 Å². The Morgan fingerprint density at radius 2 is 2.20 bits per heavy atom. The van der Waals surface area contributed by atoms with Crippen LogP contribution < -0.4 is 4.84 Å². The quantitative estimate of drug-likeness (QED) is 0.504. The molecule has 0 unspecified atom stereocenters. The highest BCUT2D eigenvalue weighted by molar-refractivity contribution is 7.94. The van der Waals surface area contributed by atoms with Crippen LogP contribution >= 0.6 is 11.8 Å². The Balaban J connectivity index is 3.59. The lowest BCUT2D eigenvalue weighted by atomic mass is 10.5. The van der Waals surface area contributed by atoms with E-state index in [2.05, 4.69) is 11.4 Å². The van der Waals surface area contributed by atoms with Crippen LogP contribution in [0.1, 0.15) is 6.42 Å². The van der Waals surface area contributed by atoms with Crippen LogP contribution in [-0.4, -0.2) is 20.7 Å².